The molecule has 0 aliphatic rings. The summed E-state index contributed by atoms with van der Waals surface area (Å²) in [6.07, 6.45) is 1.14. The number of aliphatic hydroxyl groups excluding tert-OH is 1. The molecule has 1 atom stereocenters. The first-order valence-corrected chi connectivity index (χ1v) is 6.80. The maximum atomic E-state index is 10.1. The Kier molecular flexibility index (Phi) is 8.44. The molecule has 0 aliphatic heterocycles. The second-order valence-corrected chi connectivity index (χ2v) is 4.88. The average molecular weight is 415 g/mol. The van der Waals surface area contributed by atoms with Gasteiger partial charge in [-0.1, -0.05) is 0 Å². The molecule has 0 amide bonds. The average Bonchev–Trinajstić information content (AvgIpc) is 2.31. The van der Waals surface area contributed by atoms with E-state index in [1.807, 2.05) is 29.5 Å². The number of rotatable bonds is 7. The fourth-order valence-corrected chi connectivity index (χ4v) is 2.26. The summed E-state index contributed by atoms with van der Waals surface area (Å²) >= 11 is 5.25. The number of nitrogens with one attached hydrogen (secondary N) is 4. The van der Waals surface area contributed by atoms with Gasteiger partial charge in [-0.15, -0.1) is 0 Å². The molecule has 0 aromatic heterocycles. The predicted octanol–water partition coefficient (Wildman–Crippen LogP) is 1.73. The van der Waals surface area contributed by atoms with Gasteiger partial charge in [-0.2, -0.15) is 0 Å². The molecule has 0 aliphatic carbocycles. The molecule has 5 nitrogen and oxygen atoms in total. The Hall–Kier alpha value is -0.410. The van der Waals surface area contributed by atoms with E-state index in [4.69, 9.17) is 10.8 Å². The molecule has 7 heteroatoms. The van der Waals surface area contributed by atoms with Gasteiger partial charge in [-0.25, -0.2) is 0 Å². The quantitative estimate of drug-likeness (QED) is 0.249. The molecule has 1 unspecified atom stereocenters. The summed E-state index contributed by atoms with van der Waals surface area (Å²) in [7, 11) is 1.68. The van der Waals surface area contributed by atoms with E-state index in [2.05, 4.69) is 26.6 Å². The van der Waals surface area contributed by atoms with Crippen LogP contribution in [0.15, 0.2) is 19.5 Å². The van der Waals surface area contributed by atoms with Crippen molar-refractivity contribution in [3.63, 3.8) is 0 Å². The molecule has 0 aromatic carbocycles. The van der Waals surface area contributed by atoms with Crippen molar-refractivity contribution in [2.75, 3.05) is 13.6 Å². The van der Waals surface area contributed by atoms with Crippen LogP contribution in [0.5, 0.6) is 0 Å². The van der Waals surface area contributed by atoms with E-state index < -0.39 is 6.10 Å². The highest BCUT2D eigenvalue weighted by atomic mass is 127. The van der Waals surface area contributed by atoms with Crippen LogP contribution in [0.1, 0.15) is 6.92 Å². The number of aliphatic hydroxyl groups is 1. The van der Waals surface area contributed by atoms with Gasteiger partial charge in [-0.05, 0) is 45.4 Å². The number of hydrogen-bond acceptors (Lipinski definition) is 5. The topological polar surface area (TPSA) is 92.0 Å². The molecule has 17 heavy (non-hydrogen) atoms. The normalized spacial score (nSPS) is 15.4. The second kappa shape index (κ2) is 8.65. The summed E-state index contributed by atoms with van der Waals surface area (Å²) in [4.78, 5) is 0. The van der Waals surface area contributed by atoms with Crippen LogP contribution in [-0.2, 0) is 0 Å². The fourth-order valence-electron chi connectivity index (χ4n) is 1.09. The zero-order valence-electron chi connectivity index (χ0n) is 9.64. The van der Waals surface area contributed by atoms with Gasteiger partial charge in [0, 0.05) is 37.2 Å². The monoisotopic (exact) mass is 414 g/mol. The molecule has 0 heterocycles. The van der Waals surface area contributed by atoms with Gasteiger partial charge in [0.1, 0.15) is 6.10 Å². The third-order valence-corrected chi connectivity index (χ3v) is 3.82. The third-order valence-electron chi connectivity index (χ3n) is 1.96. The molecule has 0 bridgehead atoms. The van der Waals surface area contributed by atoms with Crippen molar-refractivity contribution < 1.29 is 5.11 Å². The maximum Gasteiger partial charge on any atom is 0.112 e. The first-order chi connectivity index (χ1) is 8.03. The minimum Gasteiger partial charge on any atom is -0.383 e. The molecule has 5 N–H and O–H groups in total. The number of halogens is 2. The van der Waals surface area contributed by atoms with Crippen LogP contribution in [0, 0.1) is 10.8 Å². The largest absolute Gasteiger partial charge is 0.383 e. The Labute approximate surface area is 123 Å². The van der Waals surface area contributed by atoms with Gasteiger partial charge in [-0.3, -0.25) is 0 Å². The van der Waals surface area contributed by atoms with Crippen molar-refractivity contribution in [1.29, 1.82) is 10.8 Å². The van der Waals surface area contributed by atoms with Gasteiger partial charge >= 0.3 is 0 Å². The predicted molar refractivity (Wildman–Crippen MR) is 83.3 cm³/mol. The van der Waals surface area contributed by atoms with Crippen molar-refractivity contribution in [3.05, 3.63) is 19.5 Å². The van der Waals surface area contributed by atoms with Gasteiger partial charge in [0.25, 0.3) is 0 Å². The van der Waals surface area contributed by atoms with Crippen LogP contribution < -0.4 is 10.6 Å². The molecule has 0 saturated carbocycles. The van der Waals surface area contributed by atoms with Crippen LogP contribution in [0.4, 0.5) is 0 Å². The van der Waals surface area contributed by atoms with E-state index in [-0.39, 0.29) is 0 Å². The van der Waals surface area contributed by atoms with E-state index in [0.29, 0.717) is 26.0 Å². The van der Waals surface area contributed by atoms with E-state index in [1.54, 1.807) is 7.05 Å². The molecular weight excluding hydrogens is 399 g/mol. The lowest BCUT2D eigenvalue weighted by Crippen LogP contribution is -2.23. The maximum absolute atomic E-state index is 10.1. The molecule has 0 saturated heterocycles. The first kappa shape index (κ1) is 16.6. The highest BCUT2D eigenvalue weighted by Crippen LogP contribution is 2.20. The Morgan fingerprint density at radius 1 is 1.41 bits per heavy atom. The van der Waals surface area contributed by atoms with Crippen LogP contribution in [0.2, 0.25) is 0 Å². The van der Waals surface area contributed by atoms with Crippen molar-refractivity contribution in [2.24, 2.45) is 0 Å². The molecule has 0 rings (SSSR count). The third kappa shape index (κ3) is 4.76. The summed E-state index contributed by atoms with van der Waals surface area (Å²) in [5.41, 5.74) is 0.802. The Morgan fingerprint density at radius 3 is 2.29 bits per heavy atom. The molecular formula is C10H16BrIN4O. The highest BCUT2D eigenvalue weighted by Gasteiger charge is 2.18. The smallest absolute Gasteiger partial charge is 0.112 e. The van der Waals surface area contributed by atoms with E-state index in [9.17, 15) is 5.11 Å². The molecule has 96 valence electrons. The Balaban J connectivity index is 5.38. The minimum absolute atomic E-state index is 0.373. The minimum atomic E-state index is -1.02. The lowest BCUT2D eigenvalue weighted by molar-refractivity contribution is 0.258. The summed E-state index contributed by atoms with van der Waals surface area (Å²) in [6, 6.07) is 0. The molecule has 0 radical (unpaired) electrons. The van der Waals surface area contributed by atoms with Crippen LogP contribution in [-0.4, -0.2) is 37.2 Å². The van der Waals surface area contributed by atoms with Crippen LogP contribution in [0.3, 0.4) is 0 Å². The summed E-state index contributed by atoms with van der Waals surface area (Å²) in [5.74, 6) is 0. The fraction of sp³-hybridized carbons (Fsp3) is 0.400. The van der Waals surface area contributed by atoms with Gasteiger partial charge in [0.15, 0.2) is 0 Å². The lowest BCUT2D eigenvalue weighted by Gasteiger charge is -2.16. The highest BCUT2D eigenvalue weighted by molar-refractivity contribution is 14.1. The number of hydrogen-bond donors (Lipinski definition) is 5. The summed E-state index contributed by atoms with van der Waals surface area (Å²) in [6.45, 7) is 2.64. The van der Waals surface area contributed by atoms with Crippen LogP contribution in [0.25, 0.3) is 0 Å². The van der Waals surface area contributed by atoms with Crippen LogP contribution >= 0.6 is 38.5 Å². The van der Waals surface area contributed by atoms with Crippen molar-refractivity contribution in [3.8, 4) is 0 Å². The zero-order chi connectivity index (χ0) is 13.4. The van der Waals surface area contributed by atoms with Crippen molar-refractivity contribution >= 4 is 51.0 Å². The standard InChI is InChI=1S/C10H16BrIN4O/c1-3-16-10(12)7(5-14)8(17)6(4-13)9(11)15-2/h4-5,8,13-17H,3H2,1-2H3/b9-6+,10-7+,13-4?,14-5?. The van der Waals surface area contributed by atoms with Gasteiger partial charge in [0.05, 0.1) is 8.31 Å². The first-order valence-electron chi connectivity index (χ1n) is 4.93. The molecule has 0 aromatic rings. The molecule has 0 spiro atoms. The molecule has 0 fully saturated rings. The second-order valence-electron chi connectivity index (χ2n) is 3.01. The van der Waals surface area contributed by atoms with Crippen molar-refractivity contribution in [2.45, 2.75) is 13.0 Å². The van der Waals surface area contributed by atoms with Gasteiger partial charge in [0.2, 0.25) is 0 Å². The summed E-state index contributed by atoms with van der Waals surface area (Å²) in [5, 5.41) is 30.6. The van der Waals surface area contributed by atoms with E-state index in [1.165, 1.54) is 0 Å². The Bertz CT molecular complexity index is 354. The van der Waals surface area contributed by atoms with Crippen molar-refractivity contribution in [1.82, 2.24) is 10.6 Å². The van der Waals surface area contributed by atoms with Gasteiger partial charge < -0.3 is 26.6 Å². The zero-order valence-corrected chi connectivity index (χ0v) is 13.4. The SMILES string of the molecule is CCN/C(I)=C(\C=N)C(O)/C(C=N)=C(\Br)NC. The Morgan fingerprint density at radius 2 is 1.94 bits per heavy atom. The van der Waals surface area contributed by atoms with E-state index >= 15 is 0 Å². The summed E-state index contributed by atoms with van der Waals surface area (Å²) < 4.78 is 1.23. The lowest BCUT2D eigenvalue weighted by atomic mass is 10.1. The van der Waals surface area contributed by atoms with E-state index in [0.717, 1.165) is 12.4 Å².